The highest BCUT2D eigenvalue weighted by molar-refractivity contribution is 8.51. The summed E-state index contributed by atoms with van der Waals surface area (Å²) >= 11 is 0. The largest absolute Gasteiger partial charge is 0.498 e. The zero-order chi connectivity index (χ0) is 22.6. The predicted octanol–water partition coefficient (Wildman–Crippen LogP) is 2.91. The van der Waals surface area contributed by atoms with Gasteiger partial charge in [-0.3, -0.25) is 0 Å². The van der Waals surface area contributed by atoms with Crippen molar-refractivity contribution in [1.29, 1.82) is 0 Å². The van der Waals surface area contributed by atoms with Gasteiger partial charge in [-0.05, 0) is 17.9 Å². The number of ether oxygens (including phenoxy) is 1. The fourth-order valence-corrected chi connectivity index (χ4v) is 7.15. The Hall–Kier alpha value is 0.0400. The van der Waals surface area contributed by atoms with Crippen molar-refractivity contribution in [2.24, 2.45) is 5.73 Å². The summed E-state index contributed by atoms with van der Waals surface area (Å²) in [6, 6.07) is -1.71. The van der Waals surface area contributed by atoms with Crippen LogP contribution in [0.5, 0.6) is 0 Å². The quantitative estimate of drug-likeness (QED) is 0.342. The predicted molar refractivity (Wildman–Crippen MR) is 96.5 cm³/mol. The summed E-state index contributed by atoms with van der Waals surface area (Å²) in [6.45, 7) is 3.02. The molecule has 0 heterocycles. The third-order valence-electron chi connectivity index (χ3n) is 3.79. The Bertz CT molecular complexity index is 662. The van der Waals surface area contributed by atoms with E-state index in [1.165, 1.54) is 0 Å². The molecule has 172 valence electrons. The Morgan fingerprint density at radius 3 is 1.64 bits per heavy atom. The van der Waals surface area contributed by atoms with E-state index in [4.69, 9.17) is 21.2 Å². The van der Waals surface area contributed by atoms with Crippen LogP contribution in [-0.2, 0) is 24.4 Å². The van der Waals surface area contributed by atoms with Crippen molar-refractivity contribution in [3.05, 3.63) is 0 Å². The molecule has 0 aromatic rings. The second kappa shape index (κ2) is 9.90. The summed E-state index contributed by atoms with van der Waals surface area (Å²) in [5.41, 5.74) is -7.06. The Kier molecular flexibility index (Phi) is 9.91. The average molecular weight is 506 g/mol. The van der Waals surface area contributed by atoms with E-state index in [2.05, 4.69) is 0 Å². The average Bonchev–Trinajstić information content (AvgIpc) is 2.54. The summed E-state index contributed by atoms with van der Waals surface area (Å²) in [6.07, 6.45) is -1.63. The molecular weight excluding hydrogens is 484 g/mol. The summed E-state index contributed by atoms with van der Waals surface area (Å²) in [7, 11) is -8.61. The number of alkyl halides is 6. The summed E-state index contributed by atoms with van der Waals surface area (Å²) in [5, 5.41) is 0. The van der Waals surface area contributed by atoms with E-state index < -0.39 is 63.6 Å². The second-order valence-corrected chi connectivity index (χ2v) is 15.7. The van der Waals surface area contributed by atoms with E-state index in [0.29, 0.717) is 17.3 Å². The number of sulfone groups is 2. The van der Waals surface area contributed by atoms with Crippen LogP contribution in [0.1, 0.15) is 20.3 Å². The fraction of sp³-hybridized carbons (Fsp3) is 1.00. The molecule has 1 unspecified atom stereocenters. The van der Waals surface area contributed by atoms with Gasteiger partial charge in [0, 0.05) is 11.8 Å². The highest BCUT2D eigenvalue weighted by atomic mass is 35.7. The molecule has 0 fully saturated rings. The van der Waals surface area contributed by atoms with Gasteiger partial charge in [0.2, 0.25) is 0 Å². The number of rotatable bonds is 11. The van der Waals surface area contributed by atoms with Gasteiger partial charge in [-0.15, -0.1) is 0 Å². The van der Waals surface area contributed by atoms with Gasteiger partial charge >= 0.3 is 11.0 Å². The number of nitrogens with two attached hydrogens (primary N) is 1. The molecular formula is C12H22ClF6NO5S3. The van der Waals surface area contributed by atoms with Crippen LogP contribution in [0.2, 0.25) is 0 Å². The van der Waals surface area contributed by atoms with Crippen molar-refractivity contribution >= 4 is 39.6 Å². The van der Waals surface area contributed by atoms with Gasteiger partial charge in [-0.1, -0.05) is 24.5 Å². The van der Waals surface area contributed by atoms with Gasteiger partial charge in [-0.2, -0.15) is 35.6 Å². The van der Waals surface area contributed by atoms with Crippen LogP contribution in [0.3, 0.4) is 0 Å². The zero-order valence-corrected chi connectivity index (χ0v) is 18.1. The molecule has 0 aliphatic rings. The Labute approximate surface area is 165 Å². The van der Waals surface area contributed by atoms with Crippen LogP contribution in [0.25, 0.3) is 0 Å². The van der Waals surface area contributed by atoms with E-state index in [9.17, 15) is 43.2 Å². The number of hydrogen-bond acceptors (Lipinski definition) is 6. The Morgan fingerprint density at radius 1 is 0.929 bits per heavy atom. The van der Waals surface area contributed by atoms with Crippen LogP contribution in [0.4, 0.5) is 26.3 Å². The molecule has 28 heavy (non-hydrogen) atoms. The minimum Gasteiger partial charge on any atom is -0.379 e. The maximum Gasteiger partial charge on any atom is 0.498 e. The molecule has 16 heteroatoms. The normalized spacial score (nSPS) is 16.4. The first-order valence-electron chi connectivity index (χ1n) is 7.75. The molecule has 0 saturated carbocycles. The fourth-order valence-electron chi connectivity index (χ4n) is 1.97. The van der Waals surface area contributed by atoms with Crippen LogP contribution < -0.4 is 5.73 Å². The molecule has 6 nitrogen and oxygen atoms in total. The van der Waals surface area contributed by atoms with Crippen molar-refractivity contribution in [3.8, 4) is 0 Å². The third kappa shape index (κ3) is 7.07. The molecule has 0 spiro atoms. The Morgan fingerprint density at radius 2 is 1.32 bits per heavy atom. The second-order valence-electron chi connectivity index (χ2n) is 5.70. The number of halogens is 7. The molecule has 0 aromatic carbocycles. The lowest BCUT2D eigenvalue weighted by molar-refractivity contribution is -0.0474. The van der Waals surface area contributed by atoms with Gasteiger partial charge in [0.15, 0.2) is 4.58 Å². The molecule has 0 aliphatic carbocycles. The maximum absolute atomic E-state index is 12.7. The molecule has 0 radical (unpaired) electrons. The summed E-state index contributed by atoms with van der Waals surface area (Å²) in [5.74, 6) is 1.67. The van der Waals surface area contributed by atoms with Crippen molar-refractivity contribution in [2.75, 3.05) is 30.5 Å². The van der Waals surface area contributed by atoms with Crippen molar-refractivity contribution in [2.45, 2.75) is 41.9 Å². The monoisotopic (exact) mass is 505 g/mol. The van der Waals surface area contributed by atoms with Crippen molar-refractivity contribution in [3.63, 3.8) is 0 Å². The van der Waals surface area contributed by atoms with Crippen LogP contribution in [-0.4, -0.2) is 68.9 Å². The van der Waals surface area contributed by atoms with Crippen LogP contribution in [0, 0.1) is 0 Å². The van der Waals surface area contributed by atoms with Crippen LogP contribution in [0.15, 0.2) is 0 Å². The standard InChI is InChI=1S/C12H22ClF6NO5S3/c1-3-26(13,4-2)6-5-25-8-9(20)7-10(27(21,22)11(14,15)16)28(23,24)12(17,18)19/h9-10H,3-8,20H2,1-2H3. The SMILES string of the molecule is CCS(Cl)(CC)CCOCC(N)CC(S(=O)(=O)C(F)(F)F)S(=O)(=O)C(F)(F)F. The maximum atomic E-state index is 12.7. The zero-order valence-electron chi connectivity index (χ0n) is 14.9. The molecule has 0 aromatic heterocycles. The first-order chi connectivity index (χ1) is 12.4. The van der Waals surface area contributed by atoms with Gasteiger partial charge in [-0.25, -0.2) is 16.8 Å². The molecule has 0 aliphatic heterocycles. The summed E-state index contributed by atoms with van der Waals surface area (Å²) in [4.78, 5) is 0. The molecule has 0 rings (SSSR count). The first kappa shape index (κ1) is 28.0. The van der Waals surface area contributed by atoms with E-state index in [0.717, 1.165) is 0 Å². The molecule has 0 saturated heterocycles. The van der Waals surface area contributed by atoms with E-state index >= 15 is 0 Å². The minimum absolute atomic E-state index is 0.0169. The van der Waals surface area contributed by atoms with Gasteiger partial charge in [0.25, 0.3) is 19.7 Å². The highest BCUT2D eigenvalue weighted by Crippen LogP contribution is 2.52. The lowest BCUT2D eigenvalue weighted by Gasteiger charge is -2.30. The van der Waals surface area contributed by atoms with E-state index in [1.807, 2.05) is 13.8 Å². The van der Waals surface area contributed by atoms with Gasteiger partial charge < -0.3 is 10.5 Å². The lowest BCUT2D eigenvalue weighted by Crippen LogP contribution is -2.48. The van der Waals surface area contributed by atoms with Crippen molar-refractivity contribution < 1.29 is 47.9 Å². The third-order valence-corrected chi connectivity index (χ3v) is 13.1. The van der Waals surface area contributed by atoms with E-state index in [-0.39, 0.29) is 6.61 Å². The highest BCUT2D eigenvalue weighted by Gasteiger charge is 2.62. The minimum atomic E-state index is -6.70. The topological polar surface area (TPSA) is 104 Å². The van der Waals surface area contributed by atoms with E-state index in [1.54, 1.807) is 0 Å². The van der Waals surface area contributed by atoms with Gasteiger partial charge in [0.1, 0.15) is 0 Å². The lowest BCUT2D eigenvalue weighted by atomic mass is 10.2. The van der Waals surface area contributed by atoms with Crippen molar-refractivity contribution in [1.82, 2.24) is 0 Å². The first-order valence-corrected chi connectivity index (χ1v) is 13.8. The molecule has 2 N–H and O–H groups in total. The van der Waals surface area contributed by atoms with Gasteiger partial charge in [0.05, 0.1) is 13.2 Å². The molecule has 0 amide bonds. The smallest absolute Gasteiger partial charge is 0.379 e. The molecule has 0 bridgehead atoms. The van der Waals surface area contributed by atoms with Crippen LogP contribution >= 0.6 is 19.9 Å². The Balaban J connectivity index is 5.34. The number of hydrogen-bond donors (Lipinski definition) is 1. The molecule has 1 atom stereocenters. The summed E-state index contributed by atoms with van der Waals surface area (Å²) < 4.78 is 123.